The van der Waals surface area contributed by atoms with E-state index in [2.05, 4.69) is 47.2 Å². The lowest BCUT2D eigenvalue weighted by Gasteiger charge is -2.30. The van der Waals surface area contributed by atoms with Crippen molar-refractivity contribution in [2.75, 3.05) is 20.3 Å². The fourth-order valence-electron chi connectivity index (χ4n) is 8.52. The zero-order chi connectivity index (χ0) is 38.1. The van der Waals surface area contributed by atoms with Gasteiger partial charge >= 0.3 is 12.2 Å². The number of nitrogens with zero attached hydrogens (tertiary/aromatic N) is 4. The van der Waals surface area contributed by atoms with Gasteiger partial charge in [-0.3, -0.25) is 9.80 Å². The van der Waals surface area contributed by atoms with Crippen LogP contribution in [0.3, 0.4) is 0 Å². The van der Waals surface area contributed by atoms with Gasteiger partial charge in [-0.05, 0) is 121 Å². The highest BCUT2D eigenvalue weighted by molar-refractivity contribution is 5.83. The number of carbonyl (C=O) groups excluding carboxylic acids is 2. The van der Waals surface area contributed by atoms with Gasteiger partial charge in [-0.25, -0.2) is 19.6 Å². The Labute approximate surface area is 316 Å². The maximum atomic E-state index is 13.2. The molecule has 2 amide bonds. The smallest absolute Gasteiger partial charge is 0.411 e. The first-order valence-electron chi connectivity index (χ1n) is 19.2. The molecule has 0 radical (unpaired) electrons. The van der Waals surface area contributed by atoms with Crippen LogP contribution in [0.4, 0.5) is 9.59 Å². The SMILES string of the molecule is COC[C@H]1C[C@@H](c2ncc(-c3ccc4c(c3)COc3cc5c(cc3-4)CCc3[nH]c([C@@H]4CC[C@H](C)N4C(=O)OC(C)(C)C)nc3-5)[nH]2)N(C(=O)OC(C)(C)C)C1. The van der Waals surface area contributed by atoms with Gasteiger partial charge in [-0.15, -0.1) is 0 Å². The van der Waals surface area contributed by atoms with E-state index in [1.54, 1.807) is 12.0 Å². The number of rotatable bonds is 5. The molecule has 2 saturated heterocycles. The third kappa shape index (κ3) is 6.85. The quantitative estimate of drug-likeness (QED) is 0.208. The predicted molar refractivity (Wildman–Crippen MR) is 204 cm³/mol. The Bertz CT molecular complexity index is 2090. The molecule has 0 bridgehead atoms. The second-order valence-corrected chi connectivity index (χ2v) is 17.3. The number of benzene rings is 2. The Balaban J connectivity index is 1.04. The van der Waals surface area contributed by atoms with Crippen LogP contribution in [-0.4, -0.2) is 79.4 Å². The average molecular weight is 737 g/mol. The van der Waals surface area contributed by atoms with Gasteiger partial charge in [-0.2, -0.15) is 0 Å². The molecule has 0 saturated carbocycles. The number of aromatic amines is 2. The highest BCUT2D eigenvalue weighted by Crippen LogP contribution is 2.46. The van der Waals surface area contributed by atoms with Gasteiger partial charge in [0.1, 0.15) is 35.2 Å². The second-order valence-electron chi connectivity index (χ2n) is 17.3. The van der Waals surface area contributed by atoms with E-state index in [4.69, 9.17) is 28.9 Å². The monoisotopic (exact) mass is 736 g/mol. The minimum absolute atomic E-state index is 0.0752. The number of H-pyrrole nitrogens is 2. The van der Waals surface area contributed by atoms with Crippen LogP contribution >= 0.6 is 0 Å². The number of carbonyl (C=O) groups is 2. The van der Waals surface area contributed by atoms with Crippen molar-refractivity contribution >= 4 is 12.2 Å². The standard InChI is InChI=1S/C42H52N6O6/c1-23-9-14-33(48(23)40(50)54-42(5,6)7)38-44-31-13-11-25-17-30-28-12-10-26(16-27(28)22-52-35(30)18-29(25)36(31)46-38)32-19-43-37(45-32)34-15-24(21-51-8)20-47(34)39(49)53-41(2,3)4/h10,12,16-19,23-24,33-34H,9,11,13-15,20-22H2,1-8H3,(H,43,45)(H,44,46)/t23-,24-,33-,34-/m0/s1. The summed E-state index contributed by atoms with van der Waals surface area (Å²) in [6.45, 7) is 15.0. The molecule has 54 heavy (non-hydrogen) atoms. The molecule has 2 fully saturated rings. The molecule has 12 heteroatoms. The fourth-order valence-corrected chi connectivity index (χ4v) is 8.52. The molecule has 4 atom stereocenters. The molecule has 2 aromatic carbocycles. The highest BCUT2D eigenvalue weighted by atomic mass is 16.6. The van der Waals surface area contributed by atoms with Gasteiger partial charge in [-0.1, -0.05) is 12.1 Å². The van der Waals surface area contributed by atoms with Gasteiger partial charge in [0.25, 0.3) is 0 Å². The van der Waals surface area contributed by atoms with Crippen LogP contribution in [0, 0.1) is 5.92 Å². The molecule has 4 aliphatic rings. The van der Waals surface area contributed by atoms with Gasteiger partial charge in [0, 0.05) is 42.4 Å². The normalized spacial score (nSPS) is 21.9. The highest BCUT2D eigenvalue weighted by Gasteiger charge is 2.41. The number of amides is 2. The first-order valence-corrected chi connectivity index (χ1v) is 19.2. The minimum atomic E-state index is -0.592. The largest absolute Gasteiger partial charge is 0.488 e. The van der Waals surface area contributed by atoms with Crippen LogP contribution in [0.25, 0.3) is 33.6 Å². The fraction of sp³-hybridized carbons (Fsp3) is 0.524. The van der Waals surface area contributed by atoms with Crippen LogP contribution in [0.5, 0.6) is 5.75 Å². The van der Waals surface area contributed by atoms with Gasteiger partial charge in [0.15, 0.2) is 0 Å². The van der Waals surface area contributed by atoms with Crippen molar-refractivity contribution in [3.05, 3.63) is 65.0 Å². The van der Waals surface area contributed by atoms with Gasteiger partial charge in [0.05, 0.1) is 36.3 Å². The van der Waals surface area contributed by atoms with E-state index >= 15 is 0 Å². The van der Waals surface area contributed by atoms with Gasteiger partial charge in [0.2, 0.25) is 0 Å². The molecule has 286 valence electrons. The lowest BCUT2D eigenvalue weighted by Crippen LogP contribution is -2.40. The number of ether oxygens (including phenoxy) is 4. The van der Waals surface area contributed by atoms with Crippen LogP contribution in [0.2, 0.25) is 0 Å². The summed E-state index contributed by atoms with van der Waals surface area (Å²) >= 11 is 0. The lowest BCUT2D eigenvalue weighted by molar-refractivity contribution is 0.0149. The number of nitrogens with one attached hydrogen (secondary N) is 2. The number of likely N-dealkylation sites (tertiary alicyclic amines) is 2. The predicted octanol–water partition coefficient (Wildman–Crippen LogP) is 8.53. The van der Waals surface area contributed by atoms with Crippen LogP contribution in [0.15, 0.2) is 36.5 Å². The molecule has 1 aliphatic carbocycles. The van der Waals surface area contributed by atoms with Crippen molar-refractivity contribution in [3.63, 3.8) is 0 Å². The Morgan fingerprint density at radius 3 is 2.43 bits per heavy atom. The second kappa shape index (κ2) is 13.5. The molecule has 4 aromatic rings. The van der Waals surface area contributed by atoms with E-state index in [0.29, 0.717) is 19.8 Å². The average Bonchev–Trinajstić information content (AvgIpc) is 3.91. The summed E-state index contributed by atoms with van der Waals surface area (Å²) in [5.74, 6) is 2.59. The van der Waals surface area contributed by atoms with E-state index in [1.165, 1.54) is 5.56 Å². The number of methoxy groups -OCH3 is 1. The zero-order valence-electron chi connectivity index (χ0n) is 32.7. The first kappa shape index (κ1) is 36.2. The molecule has 2 N–H and O–H groups in total. The number of hydrogen-bond donors (Lipinski definition) is 2. The van der Waals surface area contributed by atoms with E-state index in [0.717, 1.165) is 94.4 Å². The Hall–Kier alpha value is -4.84. The Morgan fingerprint density at radius 2 is 1.67 bits per heavy atom. The summed E-state index contributed by atoms with van der Waals surface area (Å²) in [7, 11) is 1.69. The minimum Gasteiger partial charge on any atom is -0.488 e. The Kier molecular flexibility index (Phi) is 9.02. The molecule has 0 unspecified atom stereocenters. The van der Waals surface area contributed by atoms with Crippen molar-refractivity contribution in [3.8, 4) is 39.4 Å². The number of aryl methyl sites for hydroxylation is 2. The van der Waals surface area contributed by atoms with E-state index < -0.39 is 11.2 Å². The van der Waals surface area contributed by atoms with E-state index in [1.807, 2.05) is 52.6 Å². The van der Waals surface area contributed by atoms with Crippen molar-refractivity contribution in [1.82, 2.24) is 29.7 Å². The molecular weight excluding hydrogens is 684 g/mol. The summed E-state index contributed by atoms with van der Waals surface area (Å²) in [6.07, 6.45) is 5.42. The van der Waals surface area contributed by atoms with E-state index in [-0.39, 0.29) is 36.2 Å². The van der Waals surface area contributed by atoms with Crippen molar-refractivity contribution in [1.29, 1.82) is 0 Å². The number of imidazole rings is 2. The number of hydrogen-bond acceptors (Lipinski definition) is 8. The maximum Gasteiger partial charge on any atom is 0.411 e. The van der Waals surface area contributed by atoms with Crippen LogP contribution in [0.1, 0.15) is 108 Å². The Morgan fingerprint density at radius 1 is 0.889 bits per heavy atom. The molecule has 8 rings (SSSR count). The summed E-state index contributed by atoms with van der Waals surface area (Å²) in [5, 5.41) is 0. The van der Waals surface area contributed by atoms with Gasteiger partial charge < -0.3 is 28.9 Å². The summed E-state index contributed by atoms with van der Waals surface area (Å²) in [4.78, 5) is 47.1. The maximum absolute atomic E-state index is 13.2. The van der Waals surface area contributed by atoms with Crippen molar-refractivity contribution in [2.45, 2.75) is 117 Å². The molecule has 3 aliphatic heterocycles. The summed E-state index contributed by atoms with van der Waals surface area (Å²) < 4.78 is 23.4. The third-order valence-electron chi connectivity index (χ3n) is 10.9. The molecule has 2 aromatic heterocycles. The zero-order valence-corrected chi connectivity index (χ0v) is 32.7. The number of aromatic nitrogens is 4. The van der Waals surface area contributed by atoms with Crippen molar-refractivity contribution in [2.24, 2.45) is 5.92 Å². The molecule has 0 spiro atoms. The molecular formula is C42H52N6O6. The van der Waals surface area contributed by atoms with Crippen molar-refractivity contribution < 1.29 is 28.5 Å². The molecule has 12 nitrogen and oxygen atoms in total. The van der Waals surface area contributed by atoms with Crippen LogP contribution < -0.4 is 4.74 Å². The summed E-state index contributed by atoms with van der Waals surface area (Å²) in [6, 6.07) is 10.6. The van der Waals surface area contributed by atoms with Crippen LogP contribution in [-0.2, 0) is 33.7 Å². The first-order chi connectivity index (χ1) is 25.7. The topological polar surface area (TPSA) is 135 Å². The number of fused-ring (bicyclic) bond motifs is 6. The lowest BCUT2D eigenvalue weighted by atomic mass is 9.86. The van der Waals surface area contributed by atoms with E-state index in [9.17, 15) is 9.59 Å². The summed E-state index contributed by atoms with van der Waals surface area (Å²) in [5.41, 5.74) is 8.42. The molecule has 5 heterocycles. The third-order valence-corrected chi connectivity index (χ3v) is 10.9.